The molecule has 0 aliphatic rings. The van der Waals surface area contributed by atoms with Crippen LogP contribution in [0.4, 0.5) is 5.69 Å². The molecule has 0 spiro atoms. The minimum atomic E-state index is -0.935. The predicted molar refractivity (Wildman–Crippen MR) is 75.5 cm³/mol. The lowest BCUT2D eigenvalue weighted by Gasteiger charge is -2.05. The van der Waals surface area contributed by atoms with Crippen molar-refractivity contribution in [3.8, 4) is 5.75 Å². The van der Waals surface area contributed by atoms with E-state index in [1.807, 2.05) is 0 Å². The second-order valence-corrected chi connectivity index (χ2v) is 4.56. The van der Waals surface area contributed by atoms with Crippen molar-refractivity contribution in [2.75, 3.05) is 7.11 Å². The minimum Gasteiger partial charge on any atom is -0.505 e. The molecule has 8 heteroatoms. The third-order valence-corrected chi connectivity index (χ3v) is 3.24. The highest BCUT2D eigenvalue weighted by Gasteiger charge is 2.26. The fourth-order valence-corrected chi connectivity index (χ4v) is 2.34. The minimum absolute atomic E-state index is 0.0144. The molecule has 2 aromatic heterocycles. The molecule has 0 saturated heterocycles. The van der Waals surface area contributed by atoms with Crippen LogP contribution in [-0.2, 0) is 4.74 Å². The van der Waals surface area contributed by atoms with Gasteiger partial charge in [0.1, 0.15) is 27.9 Å². The number of aryl methyl sites for hydroxylation is 1. The van der Waals surface area contributed by atoms with E-state index >= 15 is 0 Å². The zero-order valence-electron chi connectivity index (χ0n) is 11.5. The van der Waals surface area contributed by atoms with E-state index in [-0.39, 0.29) is 27.5 Å². The molecule has 0 atom stereocenters. The summed E-state index contributed by atoms with van der Waals surface area (Å²) in [5.41, 5.74) is -1.29. The van der Waals surface area contributed by atoms with Crippen LogP contribution in [0.15, 0.2) is 30.9 Å². The fraction of sp³-hybridized carbons (Fsp3) is 0.143. The highest BCUT2D eigenvalue weighted by molar-refractivity contribution is 6.17. The van der Waals surface area contributed by atoms with Gasteiger partial charge in [0.25, 0.3) is 0 Å². The van der Waals surface area contributed by atoms with Crippen molar-refractivity contribution < 1.29 is 23.5 Å². The van der Waals surface area contributed by atoms with E-state index < -0.39 is 23.0 Å². The molecule has 8 nitrogen and oxygen atoms in total. The normalized spacial score (nSPS) is 11.0. The number of rotatable bonds is 2. The first-order valence-corrected chi connectivity index (χ1v) is 6.12. The molecule has 1 N–H and O–H groups in total. The van der Waals surface area contributed by atoms with Gasteiger partial charge in [0.15, 0.2) is 11.4 Å². The summed E-state index contributed by atoms with van der Waals surface area (Å²) in [5.74, 6) is -1.30. The number of fused-ring (bicyclic) bond motifs is 3. The van der Waals surface area contributed by atoms with Gasteiger partial charge in [0.2, 0.25) is 0 Å². The van der Waals surface area contributed by atoms with Gasteiger partial charge in [-0.1, -0.05) is 0 Å². The van der Waals surface area contributed by atoms with Crippen LogP contribution in [0.3, 0.4) is 0 Å². The first kappa shape index (κ1) is 13.8. The van der Waals surface area contributed by atoms with Crippen LogP contribution in [0, 0.1) is 11.8 Å². The van der Waals surface area contributed by atoms with Gasteiger partial charge in [0.05, 0.1) is 12.5 Å². The zero-order valence-corrected chi connectivity index (χ0v) is 11.5. The Morgan fingerprint density at radius 2 is 1.91 bits per heavy atom. The number of hydrogen-bond acceptors (Lipinski definition) is 8. The Labute approximate surface area is 121 Å². The number of furan rings is 1. The van der Waals surface area contributed by atoms with Gasteiger partial charge in [0, 0.05) is 12.1 Å². The van der Waals surface area contributed by atoms with Crippen molar-refractivity contribution >= 4 is 33.6 Å². The number of carbonyl (C=O) groups excluding carboxylic acids is 1. The van der Waals surface area contributed by atoms with E-state index in [0.717, 1.165) is 13.2 Å². The largest absolute Gasteiger partial charge is 0.505 e. The SMILES string of the molecule is COC(=O)c1c(O)c(N=O)cc2oc3cc(C)oc(=O)c3c12. The summed E-state index contributed by atoms with van der Waals surface area (Å²) in [5, 5.41) is 12.7. The maximum atomic E-state index is 12.1. The summed E-state index contributed by atoms with van der Waals surface area (Å²) >= 11 is 0. The molecule has 0 unspecified atom stereocenters. The van der Waals surface area contributed by atoms with E-state index in [1.165, 1.54) is 6.07 Å². The predicted octanol–water partition coefficient (Wildman–Crippen LogP) is 2.74. The second kappa shape index (κ2) is 4.69. The van der Waals surface area contributed by atoms with Crippen LogP contribution >= 0.6 is 0 Å². The number of hydrogen-bond donors (Lipinski definition) is 1. The van der Waals surface area contributed by atoms with E-state index in [2.05, 4.69) is 9.91 Å². The van der Waals surface area contributed by atoms with Gasteiger partial charge < -0.3 is 18.7 Å². The van der Waals surface area contributed by atoms with Crippen LogP contribution in [0.25, 0.3) is 21.9 Å². The number of phenols is 1. The molecule has 0 saturated carbocycles. The molecule has 0 radical (unpaired) electrons. The molecule has 0 fully saturated rings. The maximum Gasteiger partial charge on any atom is 0.347 e. The van der Waals surface area contributed by atoms with E-state index in [9.17, 15) is 19.6 Å². The number of nitrogens with zero attached hydrogens (tertiary/aromatic N) is 1. The Bertz CT molecular complexity index is 996. The van der Waals surface area contributed by atoms with Gasteiger partial charge in [-0.2, -0.15) is 0 Å². The van der Waals surface area contributed by atoms with Gasteiger partial charge in [-0.3, -0.25) is 0 Å². The van der Waals surface area contributed by atoms with Crippen molar-refractivity contribution in [2.45, 2.75) is 6.92 Å². The van der Waals surface area contributed by atoms with Crippen molar-refractivity contribution in [3.63, 3.8) is 0 Å². The van der Waals surface area contributed by atoms with Gasteiger partial charge in [-0.15, -0.1) is 4.91 Å². The molecule has 0 aliphatic heterocycles. The number of aromatic hydroxyl groups is 1. The molecule has 2 heterocycles. The summed E-state index contributed by atoms with van der Waals surface area (Å²) in [6.07, 6.45) is 0. The molecule has 3 rings (SSSR count). The molecule has 3 aromatic rings. The third kappa shape index (κ3) is 1.77. The third-order valence-electron chi connectivity index (χ3n) is 3.24. The van der Waals surface area contributed by atoms with Crippen LogP contribution in [-0.4, -0.2) is 18.2 Å². The summed E-state index contributed by atoms with van der Waals surface area (Å²) < 4.78 is 15.0. The van der Waals surface area contributed by atoms with Gasteiger partial charge in [-0.25, -0.2) is 9.59 Å². The highest BCUT2D eigenvalue weighted by atomic mass is 16.5. The Morgan fingerprint density at radius 3 is 2.55 bits per heavy atom. The topological polar surface area (TPSA) is 119 Å². The second-order valence-electron chi connectivity index (χ2n) is 4.56. The summed E-state index contributed by atoms with van der Waals surface area (Å²) in [7, 11) is 1.10. The van der Waals surface area contributed by atoms with Crippen LogP contribution < -0.4 is 5.63 Å². The quantitative estimate of drug-likeness (QED) is 0.570. The zero-order chi connectivity index (χ0) is 16.0. The number of ether oxygens (including phenoxy) is 1. The molecular formula is C14H9NO7. The number of benzene rings is 1. The number of methoxy groups -OCH3 is 1. The average molecular weight is 303 g/mol. The summed E-state index contributed by atoms with van der Waals surface area (Å²) in [4.78, 5) is 34.8. The van der Waals surface area contributed by atoms with Crippen LogP contribution in [0.5, 0.6) is 5.75 Å². The first-order chi connectivity index (χ1) is 10.5. The van der Waals surface area contributed by atoms with Gasteiger partial charge >= 0.3 is 11.6 Å². The molecule has 1 aromatic carbocycles. The number of carbonyl (C=O) groups is 1. The highest BCUT2D eigenvalue weighted by Crippen LogP contribution is 2.41. The Morgan fingerprint density at radius 1 is 1.23 bits per heavy atom. The molecule has 0 aliphatic carbocycles. The Balaban J connectivity index is 2.63. The lowest BCUT2D eigenvalue weighted by atomic mass is 10.0. The Hall–Kier alpha value is -3.16. The van der Waals surface area contributed by atoms with Crippen molar-refractivity contribution in [1.82, 2.24) is 0 Å². The van der Waals surface area contributed by atoms with Crippen LogP contribution in [0.2, 0.25) is 0 Å². The van der Waals surface area contributed by atoms with Gasteiger partial charge in [-0.05, 0) is 12.1 Å². The number of esters is 1. The maximum absolute atomic E-state index is 12.1. The van der Waals surface area contributed by atoms with E-state index in [0.29, 0.717) is 5.76 Å². The van der Waals surface area contributed by atoms with Crippen molar-refractivity contribution in [1.29, 1.82) is 0 Å². The van der Waals surface area contributed by atoms with E-state index in [1.54, 1.807) is 6.92 Å². The standard InChI is InChI=1S/C14H9NO7/c1-5-3-7-10(14(18)21-5)9-8(22-7)4-6(15-19)12(16)11(9)13(17)20-2/h3-4,16H,1-2H3. The van der Waals surface area contributed by atoms with Crippen molar-refractivity contribution in [2.24, 2.45) is 5.18 Å². The molecule has 22 heavy (non-hydrogen) atoms. The lowest BCUT2D eigenvalue weighted by molar-refractivity contribution is 0.0600. The van der Waals surface area contributed by atoms with E-state index in [4.69, 9.17) is 8.83 Å². The smallest absolute Gasteiger partial charge is 0.347 e. The number of nitroso groups, excluding NO2 is 1. The molecular weight excluding hydrogens is 294 g/mol. The average Bonchev–Trinajstić information content (AvgIpc) is 2.83. The van der Waals surface area contributed by atoms with Crippen molar-refractivity contribution in [3.05, 3.63) is 38.8 Å². The molecule has 112 valence electrons. The number of phenolic OH excluding ortho intramolecular Hbond substituents is 1. The monoisotopic (exact) mass is 303 g/mol. The molecule has 0 amide bonds. The van der Waals surface area contributed by atoms with Crippen LogP contribution in [0.1, 0.15) is 16.1 Å². The summed E-state index contributed by atoms with van der Waals surface area (Å²) in [6, 6.07) is 2.60. The Kier molecular flexibility index (Phi) is 2.94. The lowest BCUT2D eigenvalue weighted by Crippen LogP contribution is -2.05. The summed E-state index contributed by atoms with van der Waals surface area (Å²) in [6.45, 7) is 1.56. The first-order valence-electron chi connectivity index (χ1n) is 6.12. The molecule has 0 bridgehead atoms. The fourth-order valence-electron chi connectivity index (χ4n) is 2.34.